The van der Waals surface area contributed by atoms with Crippen molar-refractivity contribution in [3.8, 4) is 24.0 Å². The number of terminal acetylenes is 1. The zero-order valence-electron chi connectivity index (χ0n) is 19.5. The Hall–Kier alpha value is -3.23. The van der Waals surface area contributed by atoms with E-state index in [2.05, 4.69) is 12.8 Å². The number of pyridine rings is 1. The maximum atomic E-state index is 12.7. The van der Waals surface area contributed by atoms with Crippen molar-refractivity contribution in [1.29, 1.82) is 0 Å². The third kappa shape index (κ3) is 7.18. The number of halogens is 1. The first-order chi connectivity index (χ1) is 15.1. The predicted octanol–water partition coefficient (Wildman–Crippen LogP) is 4.79. The fourth-order valence-corrected chi connectivity index (χ4v) is 3.27. The first-order valence-corrected chi connectivity index (χ1v) is 10.3. The summed E-state index contributed by atoms with van der Waals surface area (Å²) in [5, 5.41) is 10.00. The number of aliphatic hydroxyl groups is 1. The lowest BCUT2D eigenvalue weighted by Crippen LogP contribution is -2.22. The summed E-state index contributed by atoms with van der Waals surface area (Å²) >= 11 is 0. The van der Waals surface area contributed by atoms with Crippen molar-refractivity contribution in [2.45, 2.75) is 46.1 Å². The van der Waals surface area contributed by atoms with E-state index in [1.807, 2.05) is 49.4 Å². The van der Waals surface area contributed by atoms with Crippen LogP contribution in [0.1, 0.15) is 37.6 Å². The van der Waals surface area contributed by atoms with Crippen molar-refractivity contribution in [3.05, 3.63) is 69.6 Å². The van der Waals surface area contributed by atoms with Crippen molar-refractivity contribution in [3.63, 3.8) is 0 Å². The zero-order chi connectivity index (χ0) is 24.5. The molecular formula is C27H32FNO3. The number of benzene rings is 2. The lowest BCUT2D eigenvalue weighted by Gasteiger charge is -2.17. The lowest BCUT2D eigenvalue weighted by atomic mass is 9.94. The summed E-state index contributed by atoms with van der Waals surface area (Å²) in [6.07, 6.45) is 9.36. The van der Waals surface area contributed by atoms with Gasteiger partial charge < -0.3 is 14.5 Å². The minimum absolute atomic E-state index is 0.107. The second-order valence-electron chi connectivity index (χ2n) is 8.41. The van der Waals surface area contributed by atoms with Crippen LogP contribution in [0.25, 0.3) is 21.9 Å². The molecule has 2 aromatic carbocycles. The molecule has 0 aliphatic heterocycles. The van der Waals surface area contributed by atoms with E-state index in [0.29, 0.717) is 17.5 Å². The van der Waals surface area contributed by atoms with Gasteiger partial charge in [-0.05, 0) is 50.3 Å². The molecule has 0 amide bonds. The number of nitrogens with zero attached hydrogens (tertiary/aromatic N) is 1. The van der Waals surface area contributed by atoms with Gasteiger partial charge in [0.2, 0.25) is 0 Å². The number of rotatable bonds is 5. The normalized spacial score (nSPS) is 10.5. The molecule has 3 aromatic rings. The second kappa shape index (κ2) is 12.0. The van der Waals surface area contributed by atoms with Crippen LogP contribution in [-0.4, -0.2) is 28.2 Å². The Bertz CT molecular complexity index is 1110. The number of carbonyl (C=O) groups excluding carboxylic acids is 1. The summed E-state index contributed by atoms with van der Waals surface area (Å²) in [5.41, 5.74) is 3.87. The van der Waals surface area contributed by atoms with Crippen LogP contribution in [0.15, 0.2) is 47.3 Å². The molecule has 170 valence electrons. The highest BCUT2D eigenvalue weighted by molar-refractivity contribution is 5.98. The van der Waals surface area contributed by atoms with Crippen molar-refractivity contribution in [1.82, 2.24) is 4.57 Å². The van der Waals surface area contributed by atoms with Crippen molar-refractivity contribution in [2.75, 3.05) is 6.67 Å². The minimum Gasteiger partial charge on any atom is -0.391 e. The van der Waals surface area contributed by atoms with Crippen LogP contribution in [0, 0.1) is 19.8 Å². The first-order valence-electron chi connectivity index (χ1n) is 10.3. The summed E-state index contributed by atoms with van der Waals surface area (Å²) in [6, 6.07) is 13.4. The number of aryl methyl sites for hydroxylation is 2. The highest BCUT2D eigenvalue weighted by atomic mass is 19.1. The van der Waals surface area contributed by atoms with Gasteiger partial charge in [-0.25, -0.2) is 0 Å². The molecule has 5 heteroatoms. The van der Waals surface area contributed by atoms with Gasteiger partial charge in [-0.3, -0.25) is 9.18 Å². The van der Waals surface area contributed by atoms with Crippen LogP contribution in [0.5, 0.6) is 0 Å². The van der Waals surface area contributed by atoms with Gasteiger partial charge in [0.1, 0.15) is 6.29 Å². The molecule has 1 aromatic heterocycles. The molecule has 3 rings (SSSR count). The maximum absolute atomic E-state index is 12.7. The maximum Gasteiger partial charge on any atom is 0.258 e. The SMILES string of the molecule is C#C.CC(C)(C)O.Cc1ccc2c(=O)n(C)c(CC=O)c(-c3ccc(CCF)cc3)c2c1. The minimum atomic E-state index is -0.500. The molecule has 0 radical (unpaired) electrons. The van der Waals surface area contributed by atoms with Crippen LogP contribution in [0.3, 0.4) is 0 Å². The van der Waals surface area contributed by atoms with Crippen LogP contribution < -0.4 is 5.56 Å². The number of hydrogen-bond donors (Lipinski definition) is 1. The standard InChI is InChI=1S/C21H20FNO2.C4H10O.C2H2/c1-14-3-8-17-18(13-14)20(19(10-12-24)23(2)21(17)25)16-6-4-15(5-7-16)9-11-22;1-4(2,3)5;1-2/h3-8,12-13H,9-11H2,1-2H3;5H,1-3H3;1-2H. The monoisotopic (exact) mass is 437 g/mol. The largest absolute Gasteiger partial charge is 0.391 e. The van der Waals surface area contributed by atoms with Gasteiger partial charge in [0, 0.05) is 36.5 Å². The number of carbonyl (C=O) groups is 1. The molecule has 4 nitrogen and oxygen atoms in total. The molecule has 0 unspecified atom stereocenters. The van der Waals surface area contributed by atoms with Crippen molar-refractivity contribution in [2.24, 2.45) is 7.05 Å². The average Bonchev–Trinajstić information content (AvgIpc) is 2.73. The third-order valence-corrected chi connectivity index (χ3v) is 4.58. The van der Waals surface area contributed by atoms with Crippen LogP contribution in [0.2, 0.25) is 0 Å². The van der Waals surface area contributed by atoms with E-state index in [1.54, 1.807) is 32.4 Å². The van der Waals surface area contributed by atoms with Gasteiger partial charge in [0.25, 0.3) is 5.56 Å². The van der Waals surface area contributed by atoms with E-state index in [4.69, 9.17) is 5.11 Å². The van der Waals surface area contributed by atoms with E-state index >= 15 is 0 Å². The van der Waals surface area contributed by atoms with E-state index in [0.717, 1.165) is 33.9 Å². The molecule has 0 spiro atoms. The Morgan fingerprint density at radius 3 is 2.12 bits per heavy atom. The summed E-state index contributed by atoms with van der Waals surface area (Å²) in [6.45, 7) is 6.81. The van der Waals surface area contributed by atoms with Gasteiger partial charge in [-0.15, -0.1) is 12.8 Å². The average molecular weight is 438 g/mol. The molecular weight excluding hydrogens is 405 g/mol. The van der Waals surface area contributed by atoms with Crippen LogP contribution >= 0.6 is 0 Å². The summed E-state index contributed by atoms with van der Waals surface area (Å²) < 4.78 is 14.1. The number of fused-ring (bicyclic) bond motifs is 1. The lowest BCUT2D eigenvalue weighted by molar-refractivity contribution is -0.107. The number of aldehydes is 1. The van der Waals surface area contributed by atoms with E-state index < -0.39 is 12.3 Å². The van der Waals surface area contributed by atoms with Gasteiger partial charge in [-0.2, -0.15) is 0 Å². The third-order valence-electron chi connectivity index (χ3n) is 4.58. The number of hydrogen-bond acceptors (Lipinski definition) is 3. The van der Waals surface area contributed by atoms with Gasteiger partial charge in [0.15, 0.2) is 0 Å². The molecule has 0 saturated carbocycles. The fraction of sp³-hybridized carbons (Fsp3) is 0.333. The first kappa shape index (κ1) is 26.8. The van der Waals surface area contributed by atoms with Crippen molar-refractivity contribution < 1.29 is 14.3 Å². The summed E-state index contributed by atoms with van der Waals surface area (Å²) in [7, 11) is 1.70. The molecule has 0 bridgehead atoms. The Morgan fingerprint density at radius 1 is 1.06 bits per heavy atom. The molecule has 0 aliphatic carbocycles. The smallest absolute Gasteiger partial charge is 0.258 e. The highest BCUT2D eigenvalue weighted by Gasteiger charge is 2.16. The van der Waals surface area contributed by atoms with Gasteiger partial charge in [0.05, 0.1) is 12.3 Å². The van der Waals surface area contributed by atoms with Gasteiger partial charge in [-0.1, -0.05) is 42.0 Å². The Kier molecular flexibility index (Phi) is 10.0. The van der Waals surface area contributed by atoms with Crippen LogP contribution in [-0.2, 0) is 24.7 Å². The number of alkyl halides is 1. The Morgan fingerprint density at radius 2 is 1.62 bits per heavy atom. The molecule has 0 fully saturated rings. The Balaban J connectivity index is 0.000000646. The molecule has 0 aliphatic rings. The predicted molar refractivity (Wildman–Crippen MR) is 131 cm³/mol. The topological polar surface area (TPSA) is 59.3 Å². The fourth-order valence-electron chi connectivity index (χ4n) is 3.27. The number of aromatic nitrogens is 1. The molecule has 1 heterocycles. The van der Waals surface area contributed by atoms with E-state index in [1.165, 1.54) is 0 Å². The van der Waals surface area contributed by atoms with Crippen LogP contribution in [0.4, 0.5) is 4.39 Å². The molecule has 1 N–H and O–H groups in total. The van der Waals surface area contributed by atoms with E-state index in [9.17, 15) is 14.0 Å². The highest BCUT2D eigenvalue weighted by Crippen LogP contribution is 2.31. The quantitative estimate of drug-likeness (QED) is 0.461. The summed E-state index contributed by atoms with van der Waals surface area (Å²) in [4.78, 5) is 23.9. The van der Waals surface area contributed by atoms with Crippen molar-refractivity contribution >= 4 is 17.1 Å². The van der Waals surface area contributed by atoms with E-state index in [-0.39, 0.29) is 12.0 Å². The van der Waals surface area contributed by atoms with Gasteiger partial charge >= 0.3 is 0 Å². The molecule has 0 atom stereocenters. The molecule has 32 heavy (non-hydrogen) atoms. The molecule has 0 saturated heterocycles. The zero-order valence-corrected chi connectivity index (χ0v) is 19.5. The Labute approximate surface area is 189 Å². The summed E-state index contributed by atoms with van der Waals surface area (Å²) in [5.74, 6) is 0. The second-order valence-corrected chi connectivity index (χ2v) is 8.41.